The van der Waals surface area contributed by atoms with Gasteiger partial charge in [0.15, 0.2) is 0 Å². The summed E-state index contributed by atoms with van der Waals surface area (Å²) in [5, 5.41) is 3.00. The van der Waals surface area contributed by atoms with Crippen LogP contribution in [0.25, 0.3) is 0 Å². The van der Waals surface area contributed by atoms with E-state index >= 15 is 0 Å². The van der Waals surface area contributed by atoms with Gasteiger partial charge in [0.05, 0.1) is 4.90 Å². The second-order valence-corrected chi connectivity index (χ2v) is 11.2. The highest BCUT2D eigenvalue weighted by molar-refractivity contribution is 7.98. The number of carbonyl (C=O) groups is 1. The molecule has 0 saturated heterocycles. The van der Waals surface area contributed by atoms with E-state index in [1.54, 1.807) is 48.2 Å². The number of aryl methyl sites for hydroxylation is 1. The summed E-state index contributed by atoms with van der Waals surface area (Å²) in [6.07, 6.45) is 6.21. The zero-order chi connectivity index (χ0) is 23.2. The first-order valence-electron chi connectivity index (χ1n) is 10.9. The number of sulfonamides is 1. The van der Waals surface area contributed by atoms with Crippen LogP contribution in [0, 0.1) is 12.7 Å². The standard InChI is InChI=1S/C24H31FN2O3S2/c1-18-5-11-21(12-6-18)32(29,30)27-22(13-16-31-2)23(28)26-17-24(14-3-4-15-24)19-7-9-20(25)10-8-19/h5-12,22,27H,3-4,13-17H2,1-2H3,(H,26,28). The average molecular weight is 479 g/mol. The van der Waals surface area contributed by atoms with Crippen molar-refractivity contribution in [2.75, 3.05) is 18.6 Å². The Morgan fingerprint density at radius 3 is 2.31 bits per heavy atom. The number of nitrogens with one attached hydrogen (secondary N) is 2. The molecule has 3 rings (SSSR count). The third-order valence-corrected chi connectivity index (χ3v) is 8.31. The first-order valence-corrected chi connectivity index (χ1v) is 13.8. The maximum absolute atomic E-state index is 13.4. The van der Waals surface area contributed by atoms with Gasteiger partial charge in [-0.3, -0.25) is 4.79 Å². The third kappa shape index (κ3) is 6.11. The highest BCUT2D eigenvalue weighted by Gasteiger charge is 2.37. The van der Waals surface area contributed by atoms with Crippen LogP contribution in [0.2, 0.25) is 0 Å². The van der Waals surface area contributed by atoms with Crippen LogP contribution in [-0.4, -0.2) is 38.9 Å². The molecule has 1 amide bonds. The van der Waals surface area contributed by atoms with Crippen molar-refractivity contribution < 1.29 is 17.6 Å². The summed E-state index contributed by atoms with van der Waals surface area (Å²) < 4.78 is 41.7. The predicted octanol–water partition coefficient (Wildman–Crippen LogP) is 4.16. The number of rotatable bonds is 10. The van der Waals surface area contributed by atoms with E-state index in [4.69, 9.17) is 0 Å². The zero-order valence-corrected chi connectivity index (χ0v) is 20.2. The van der Waals surface area contributed by atoms with E-state index < -0.39 is 16.1 Å². The molecule has 1 fully saturated rings. The minimum Gasteiger partial charge on any atom is -0.354 e. The van der Waals surface area contributed by atoms with Crippen LogP contribution in [0.3, 0.4) is 0 Å². The van der Waals surface area contributed by atoms with Crippen molar-refractivity contribution in [3.63, 3.8) is 0 Å². The number of thioether (sulfide) groups is 1. The fraction of sp³-hybridized carbons (Fsp3) is 0.458. The molecule has 8 heteroatoms. The molecule has 0 radical (unpaired) electrons. The Kier molecular flexibility index (Phi) is 8.36. The molecule has 2 aromatic rings. The SMILES string of the molecule is CSCCC(NS(=O)(=O)c1ccc(C)cc1)C(=O)NCC1(c2ccc(F)cc2)CCCC1. The van der Waals surface area contributed by atoms with Crippen molar-refractivity contribution in [1.29, 1.82) is 0 Å². The Bertz CT molecular complexity index is 1000. The van der Waals surface area contributed by atoms with Crippen LogP contribution in [0.1, 0.15) is 43.2 Å². The molecule has 0 bridgehead atoms. The number of hydrogen-bond acceptors (Lipinski definition) is 4. The Labute approximate surface area is 194 Å². The molecule has 0 heterocycles. The van der Waals surface area contributed by atoms with Crippen LogP contribution in [-0.2, 0) is 20.2 Å². The average Bonchev–Trinajstić information content (AvgIpc) is 3.26. The maximum Gasteiger partial charge on any atom is 0.241 e. The molecule has 32 heavy (non-hydrogen) atoms. The lowest BCUT2D eigenvalue weighted by Crippen LogP contribution is -2.50. The first-order chi connectivity index (χ1) is 15.3. The topological polar surface area (TPSA) is 75.3 Å². The van der Waals surface area contributed by atoms with E-state index in [0.717, 1.165) is 36.8 Å². The molecule has 0 aliphatic heterocycles. The van der Waals surface area contributed by atoms with Gasteiger partial charge >= 0.3 is 0 Å². The predicted molar refractivity (Wildman–Crippen MR) is 128 cm³/mol. The fourth-order valence-corrected chi connectivity index (χ4v) is 5.96. The fourth-order valence-electron chi connectivity index (χ4n) is 4.25. The van der Waals surface area contributed by atoms with E-state index in [-0.39, 0.29) is 22.0 Å². The van der Waals surface area contributed by atoms with Gasteiger partial charge in [0.2, 0.25) is 15.9 Å². The summed E-state index contributed by atoms with van der Waals surface area (Å²) in [5.74, 6) is 0.0362. The molecule has 1 saturated carbocycles. The molecule has 2 aromatic carbocycles. The highest BCUT2D eigenvalue weighted by Crippen LogP contribution is 2.40. The summed E-state index contributed by atoms with van der Waals surface area (Å²) in [6, 6.07) is 12.2. The molecule has 2 N–H and O–H groups in total. The van der Waals surface area contributed by atoms with Crippen molar-refractivity contribution in [3.8, 4) is 0 Å². The van der Waals surface area contributed by atoms with Gasteiger partial charge in [0.1, 0.15) is 11.9 Å². The summed E-state index contributed by atoms with van der Waals surface area (Å²) in [6.45, 7) is 2.29. The minimum absolute atomic E-state index is 0.142. The van der Waals surface area contributed by atoms with Crippen LogP contribution < -0.4 is 10.0 Å². The molecule has 1 aliphatic carbocycles. The van der Waals surface area contributed by atoms with Crippen LogP contribution in [0.4, 0.5) is 4.39 Å². The van der Waals surface area contributed by atoms with Crippen molar-refractivity contribution in [1.82, 2.24) is 10.0 Å². The number of halogens is 1. The lowest BCUT2D eigenvalue weighted by atomic mass is 9.78. The molecule has 0 spiro atoms. The number of benzene rings is 2. The first kappa shape index (κ1) is 24.7. The molecule has 5 nitrogen and oxygen atoms in total. The molecule has 1 unspecified atom stereocenters. The Morgan fingerprint density at radius 1 is 1.09 bits per heavy atom. The molecular formula is C24H31FN2O3S2. The van der Waals surface area contributed by atoms with Gasteiger partial charge in [0.25, 0.3) is 0 Å². The van der Waals surface area contributed by atoms with E-state index in [9.17, 15) is 17.6 Å². The van der Waals surface area contributed by atoms with E-state index in [1.165, 1.54) is 12.1 Å². The van der Waals surface area contributed by atoms with Crippen molar-refractivity contribution in [2.24, 2.45) is 0 Å². The minimum atomic E-state index is -3.82. The largest absolute Gasteiger partial charge is 0.354 e. The summed E-state index contributed by atoms with van der Waals surface area (Å²) in [5.41, 5.74) is 1.73. The quantitative estimate of drug-likeness (QED) is 0.538. The van der Waals surface area contributed by atoms with E-state index in [0.29, 0.717) is 18.7 Å². The van der Waals surface area contributed by atoms with Gasteiger partial charge in [-0.15, -0.1) is 0 Å². The lowest BCUT2D eigenvalue weighted by molar-refractivity contribution is -0.123. The van der Waals surface area contributed by atoms with Gasteiger partial charge < -0.3 is 5.32 Å². The van der Waals surface area contributed by atoms with Crippen LogP contribution >= 0.6 is 11.8 Å². The maximum atomic E-state index is 13.4. The summed E-state index contributed by atoms with van der Waals surface area (Å²) in [4.78, 5) is 13.2. The summed E-state index contributed by atoms with van der Waals surface area (Å²) in [7, 11) is -3.82. The molecule has 1 atom stereocenters. The molecule has 0 aromatic heterocycles. The second kappa shape index (κ2) is 10.8. The number of carbonyl (C=O) groups excluding carboxylic acids is 1. The third-order valence-electron chi connectivity index (χ3n) is 6.17. The van der Waals surface area contributed by atoms with Gasteiger partial charge in [-0.2, -0.15) is 16.5 Å². The van der Waals surface area contributed by atoms with Gasteiger partial charge in [-0.05, 0) is 68.0 Å². The van der Waals surface area contributed by atoms with Gasteiger partial charge in [-0.1, -0.05) is 42.7 Å². The Balaban J connectivity index is 1.73. The highest BCUT2D eigenvalue weighted by atomic mass is 32.2. The van der Waals surface area contributed by atoms with Crippen molar-refractivity contribution in [2.45, 2.75) is 55.4 Å². The normalized spacial score (nSPS) is 16.6. The van der Waals surface area contributed by atoms with Crippen molar-refractivity contribution >= 4 is 27.7 Å². The van der Waals surface area contributed by atoms with Crippen LogP contribution in [0.5, 0.6) is 0 Å². The molecule has 1 aliphatic rings. The molecular weight excluding hydrogens is 447 g/mol. The summed E-state index contributed by atoms with van der Waals surface area (Å²) >= 11 is 1.56. The van der Waals surface area contributed by atoms with Gasteiger partial charge in [0, 0.05) is 12.0 Å². The van der Waals surface area contributed by atoms with E-state index in [2.05, 4.69) is 10.0 Å². The van der Waals surface area contributed by atoms with Gasteiger partial charge in [-0.25, -0.2) is 12.8 Å². The van der Waals surface area contributed by atoms with E-state index in [1.807, 2.05) is 13.2 Å². The molecule has 174 valence electrons. The Morgan fingerprint density at radius 2 is 1.72 bits per heavy atom. The zero-order valence-electron chi connectivity index (χ0n) is 18.6. The smallest absolute Gasteiger partial charge is 0.241 e. The second-order valence-electron chi connectivity index (χ2n) is 8.48. The number of hydrogen-bond donors (Lipinski definition) is 2. The lowest BCUT2D eigenvalue weighted by Gasteiger charge is -2.31. The Hall–Kier alpha value is -1.90. The monoisotopic (exact) mass is 478 g/mol. The number of amides is 1. The van der Waals surface area contributed by atoms with Crippen LogP contribution in [0.15, 0.2) is 53.4 Å². The van der Waals surface area contributed by atoms with Crippen molar-refractivity contribution in [3.05, 3.63) is 65.5 Å².